The highest BCUT2D eigenvalue weighted by Gasteiger charge is 2.23. The van der Waals surface area contributed by atoms with Gasteiger partial charge in [0, 0.05) is 12.5 Å². The van der Waals surface area contributed by atoms with E-state index in [-0.39, 0.29) is 5.41 Å². The molecule has 0 aliphatic heterocycles. The van der Waals surface area contributed by atoms with Crippen LogP contribution in [-0.2, 0) is 12.5 Å². The molecular weight excluding hydrogens is 286 g/mol. The Balaban J connectivity index is 2.01. The van der Waals surface area contributed by atoms with Crippen LogP contribution in [0.3, 0.4) is 0 Å². The van der Waals surface area contributed by atoms with Gasteiger partial charge in [-0.1, -0.05) is 39.0 Å². The van der Waals surface area contributed by atoms with E-state index in [0.717, 1.165) is 39.4 Å². The van der Waals surface area contributed by atoms with Crippen LogP contribution in [0.25, 0.3) is 33.5 Å². The van der Waals surface area contributed by atoms with E-state index < -0.39 is 0 Å². The number of aryl methyl sites for hydroxylation is 1. The predicted molar refractivity (Wildman–Crippen MR) is 92.4 cm³/mol. The van der Waals surface area contributed by atoms with E-state index >= 15 is 0 Å². The molecule has 2 heterocycles. The number of fused-ring (bicyclic) bond motifs is 2. The number of aromatic nitrogens is 3. The number of hydrogen-bond acceptors (Lipinski definition) is 3. The second-order valence-electron chi connectivity index (χ2n) is 6.91. The molecule has 0 spiro atoms. The number of para-hydroxylation sites is 3. The molecule has 0 unspecified atom stereocenters. The Morgan fingerprint density at radius 3 is 2.39 bits per heavy atom. The zero-order valence-electron chi connectivity index (χ0n) is 13.8. The van der Waals surface area contributed by atoms with Gasteiger partial charge in [0.25, 0.3) is 0 Å². The highest BCUT2D eigenvalue weighted by atomic mass is 16.3. The van der Waals surface area contributed by atoms with Crippen LogP contribution < -0.4 is 0 Å². The van der Waals surface area contributed by atoms with Crippen LogP contribution in [0.2, 0.25) is 0 Å². The molecule has 0 radical (unpaired) electrons. The molecule has 0 atom stereocenters. The number of oxazole rings is 1. The molecule has 2 aromatic heterocycles. The smallest absolute Gasteiger partial charge is 0.200 e. The molecule has 0 N–H and O–H groups in total. The monoisotopic (exact) mass is 305 g/mol. The lowest BCUT2D eigenvalue weighted by molar-refractivity contribution is 0.411. The molecule has 23 heavy (non-hydrogen) atoms. The quantitative estimate of drug-likeness (QED) is 0.513. The van der Waals surface area contributed by atoms with Crippen molar-refractivity contribution in [3.63, 3.8) is 0 Å². The summed E-state index contributed by atoms with van der Waals surface area (Å²) in [6, 6.07) is 14.2. The Hall–Kier alpha value is -2.62. The maximum Gasteiger partial charge on any atom is 0.200 e. The van der Waals surface area contributed by atoms with Crippen molar-refractivity contribution in [1.82, 2.24) is 14.5 Å². The average molecular weight is 305 g/mol. The fourth-order valence-electron chi connectivity index (χ4n) is 2.83. The molecule has 4 aromatic rings. The number of benzene rings is 2. The van der Waals surface area contributed by atoms with E-state index in [1.165, 1.54) is 0 Å². The first-order valence-electron chi connectivity index (χ1n) is 7.77. The Labute approximate surface area is 134 Å². The maximum absolute atomic E-state index is 6.10. The summed E-state index contributed by atoms with van der Waals surface area (Å²) in [6.07, 6.45) is 0. The predicted octanol–water partition coefficient (Wildman–Crippen LogP) is 4.68. The summed E-state index contributed by atoms with van der Waals surface area (Å²) >= 11 is 0. The maximum atomic E-state index is 6.10. The van der Waals surface area contributed by atoms with Gasteiger partial charge in [-0.2, -0.15) is 0 Å². The van der Waals surface area contributed by atoms with Gasteiger partial charge in [-0.25, -0.2) is 9.97 Å². The first-order chi connectivity index (χ1) is 10.9. The van der Waals surface area contributed by atoms with Crippen LogP contribution in [0.5, 0.6) is 0 Å². The summed E-state index contributed by atoms with van der Waals surface area (Å²) in [4.78, 5) is 9.43. The van der Waals surface area contributed by atoms with Gasteiger partial charge in [0.15, 0.2) is 5.58 Å². The van der Waals surface area contributed by atoms with Gasteiger partial charge < -0.3 is 8.98 Å². The zero-order valence-corrected chi connectivity index (χ0v) is 13.8. The van der Waals surface area contributed by atoms with Crippen molar-refractivity contribution in [2.45, 2.75) is 26.2 Å². The Bertz CT molecular complexity index is 1020. The molecule has 0 amide bonds. The minimum atomic E-state index is -0.122. The molecule has 4 nitrogen and oxygen atoms in total. The minimum Gasteiger partial charge on any atom is -0.439 e. The summed E-state index contributed by atoms with van der Waals surface area (Å²) in [7, 11) is 2.03. The van der Waals surface area contributed by atoms with E-state index in [2.05, 4.69) is 36.4 Å². The highest BCUT2D eigenvalue weighted by Crippen LogP contribution is 2.33. The van der Waals surface area contributed by atoms with E-state index in [1.807, 2.05) is 43.4 Å². The molecule has 2 aromatic carbocycles. The fraction of sp³-hybridized carbons (Fsp3) is 0.263. The third-order valence-electron chi connectivity index (χ3n) is 4.08. The van der Waals surface area contributed by atoms with Gasteiger partial charge in [-0.05, 0) is 24.3 Å². The summed E-state index contributed by atoms with van der Waals surface area (Å²) in [5.74, 6) is 1.65. The first kappa shape index (κ1) is 14.0. The van der Waals surface area contributed by atoms with Crippen molar-refractivity contribution in [3.8, 4) is 11.4 Å². The molecule has 4 rings (SSSR count). The Kier molecular flexibility index (Phi) is 2.85. The topological polar surface area (TPSA) is 43.9 Å². The summed E-state index contributed by atoms with van der Waals surface area (Å²) < 4.78 is 8.21. The van der Waals surface area contributed by atoms with Gasteiger partial charge >= 0.3 is 0 Å². The number of imidazole rings is 1. The summed E-state index contributed by atoms with van der Waals surface area (Å²) in [6.45, 7) is 6.31. The van der Waals surface area contributed by atoms with Gasteiger partial charge in [0.1, 0.15) is 11.3 Å². The largest absolute Gasteiger partial charge is 0.439 e. The molecule has 0 aliphatic carbocycles. The molecule has 116 valence electrons. The van der Waals surface area contributed by atoms with Crippen molar-refractivity contribution < 1.29 is 4.42 Å². The summed E-state index contributed by atoms with van der Waals surface area (Å²) in [5.41, 5.74) is 4.62. The van der Waals surface area contributed by atoms with Crippen LogP contribution in [0.15, 0.2) is 46.9 Å². The third-order valence-corrected chi connectivity index (χ3v) is 4.08. The lowest BCUT2D eigenvalue weighted by Crippen LogP contribution is -2.10. The Morgan fingerprint density at radius 2 is 1.65 bits per heavy atom. The summed E-state index contributed by atoms with van der Waals surface area (Å²) in [5, 5.41) is 0. The molecule has 0 aliphatic rings. The second kappa shape index (κ2) is 4.69. The van der Waals surface area contributed by atoms with Gasteiger partial charge in [-0.15, -0.1) is 0 Å². The van der Waals surface area contributed by atoms with Gasteiger partial charge in [0.2, 0.25) is 5.89 Å². The third kappa shape index (κ3) is 2.13. The van der Waals surface area contributed by atoms with Crippen molar-refractivity contribution >= 4 is 22.1 Å². The van der Waals surface area contributed by atoms with Crippen molar-refractivity contribution in [1.29, 1.82) is 0 Å². The average Bonchev–Trinajstić information content (AvgIpc) is 3.09. The van der Waals surface area contributed by atoms with E-state index in [0.29, 0.717) is 0 Å². The van der Waals surface area contributed by atoms with E-state index in [1.54, 1.807) is 0 Å². The van der Waals surface area contributed by atoms with Gasteiger partial charge in [0.05, 0.1) is 16.6 Å². The van der Waals surface area contributed by atoms with E-state index in [4.69, 9.17) is 9.40 Å². The van der Waals surface area contributed by atoms with Crippen LogP contribution in [0, 0.1) is 0 Å². The van der Waals surface area contributed by atoms with Crippen molar-refractivity contribution in [2.24, 2.45) is 7.05 Å². The normalized spacial score (nSPS) is 12.3. The molecule has 0 saturated heterocycles. The molecular formula is C19H19N3O. The zero-order chi connectivity index (χ0) is 16.2. The molecule has 0 saturated carbocycles. The lowest BCUT2D eigenvalue weighted by atomic mass is 9.97. The SMILES string of the molecule is Cn1c(-c2cccc3nc(C(C)(C)C)oc23)nc2ccccc21. The Morgan fingerprint density at radius 1 is 0.913 bits per heavy atom. The second-order valence-corrected chi connectivity index (χ2v) is 6.91. The minimum absolute atomic E-state index is 0.122. The molecule has 0 bridgehead atoms. The van der Waals surface area contributed by atoms with Crippen molar-refractivity contribution in [2.75, 3.05) is 0 Å². The fourth-order valence-corrected chi connectivity index (χ4v) is 2.83. The first-order valence-corrected chi connectivity index (χ1v) is 7.77. The van der Waals surface area contributed by atoms with E-state index in [9.17, 15) is 0 Å². The standard InChI is InChI=1S/C19H19N3O/c1-19(2,3)18-21-14-10-7-8-12(16(14)23-18)17-20-13-9-5-6-11-15(13)22(17)4/h5-11H,1-4H3. The molecule has 0 fully saturated rings. The number of rotatable bonds is 1. The number of nitrogens with zero attached hydrogens (tertiary/aromatic N) is 3. The number of hydrogen-bond donors (Lipinski definition) is 0. The van der Waals surface area contributed by atoms with Crippen LogP contribution in [0.1, 0.15) is 26.7 Å². The van der Waals surface area contributed by atoms with Crippen LogP contribution in [-0.4, -0.2) is 14.5 Å². The molecule has 4 heteroatoms. The highest BCUT2D eigenvalue weighted by molar-refractivity contribution is 5.91. The van der Waals surface area contributed by atoms with Crippen LogP contribution >= 0.6 is 0 Å². The van der Waals surface area contributed by atoms with Gasteiger partial charge in [-0.3, -0.25) is 0 Å². The van der Waals surface area contributed by atoms with Crippen molar-refractivity contribution in [3.05, 3.63) is 48.4 Å². The van der Waals surface area contributed by atoms with Crippen LogP contribution in [0.4, 0.5) is 0 Å². The lowest BCUT2D eigenvalue weighted by Gasteiger charge is -2.11.